The van der Waals surface area contributed by atoms with Crippen molar-refractivity contribution in [3.63, 3.8) is 0 Å². The molecule has 0 aliphatic rings. The fourth-order valence-electron chi connectivity index (χ4n) is 3.33. The van der Waals surface area contributed by atoms with Gasteiger partial charge in [-0.1, -0.05) is 30.3 Å². The number of para-hydroxylation sites is 1. The van der Waals surface area contributed by atoms with Gasteiger partial charge < -0.3 is 19.8 Å². The van der Waals surface area contributed by atoms with E-state index in [-0.39, 0.29) is 12.5 Å². The van der Waals surface area contributed by atoms with Crippen LogP contribution in [0.2, 0.25) is 0 Å². The Balaban J connectivity index is 1.57. The summed E-state index contributed by atoms with van der Waals surface area (Å²) in [5.41, 5.74) is 5.37. The summed E-state index contributed by atoms with van der Waals surface area (Å²) in [4.78, 5) is 12.5. The van der Waals surface area contributed by atoms with Crippen molar-refractivity contribution in [1.29, 1.82) is 0 Å². The molecule has 0 saturated carbocycles. The van der Waals surface area contributed by atoms with Crippen LogP contribution in [0.4, 0.5) is 11.4 Å². The summed E-state index contributed by atoms with van der Waals surface area (Å²) in [7, 11) is 1.59. The van der Waals surface area contributed by atoms with E-state index in [0.717, 1.165) is 27.6 Å². The molecule has 4 aromatic rings. The molecule has 5 nitrogen and oxygen atoms in total. The number of fused-ring (bicyclic) bond motifs is 3. The fraction of sp³-hybridized carbons (Fsp3) is 0.174. The second-order valence-electron chi connectivity index (χ2n) is 6.80. The number of aryl methyl sites for hydroxylation is 1. The summed E-state index contributed by atoms with van der Waals surface area (Å²) in [6, 6.07) is 17.5. The zero-order chi connectivity index (χ0) is 19.7. The molecule has 0 fully saturated rings. The number of ether oxygens (including phenoxy) is 1. The molecule has 4 rings (SSSR count). The van der Waals surface area contributed by atoms with Crippen molar-refractivity contribution < 1.29 is 13.9 Å². The van der Waals surface area contributed by atoms with Crippen LogP contribution in [0.15, 0.2) is 59.0 Å². The zero-order valence-corrected chi connectivity index (χ0v) is 16.1. The minimum absolute atomic E-state index is 0.158. The van der Waals surface area contributed by atoms with Gasteiger partial charge in [0.05, 0.1) is 19.3 Å². The SMILES string of the molecule is COc1cc2c(cc1NC(=O)CNc1cccc(C)c1C)oc1ccccc12. The maximum atomic E-state index is 12.5. The van der Waals surface area contributed by atoms with Crippen molar-refractivity contribution in [3.8, 4) is 5.75 Å². The number of nitrogens with one attached hydrogen (secondary N) is 2. The highest BCUT2D eigenvalue weighted by molar-refractivity contribution is 6.08. The molecule has 0 unspecified atom stereocenters. The summed E-state index contributed by atoms with van der Waals surface area (Å²) in [5.74, 6) is 0.439. The zero-order valence-electron chi connectivity index (χ0n) is 16.1. The Morgan fingerprint density at radius 3 is 2.61 bits per heavy atom. The Morgan fingerprint density at radius 1 is 0.964 bits per heavy atom. The maximum absolute atomic E-state index is 12.5. The molecule has 0 bridgehead atoms. The predicted molar refractivity (Wildman–Crippen MR) is 113 cm³/mol. The smallest absolute Gasteiger partial charge is 0.243 e. The van der Waals surface area contributed by atoms with Crippen LogP contribution in [0.3, 0.4) is 0 Å². The fourth-order valence-corrected chi connectivity index (χ4v) is 3.33. The molecule has 0 aliphatic heterocycles. The first-order valence-corrected chi connectivity index (χ1v) is 9.16. The monoisotopic (exact) mass is 374 g/mol. The van der Waals surface area contributed by atoms with E-state index in [0.29, 0.717) is 17.0 Å². The van der Waals surface area contributed by atoms with E-state index in [1.54, 1.807) is 7.11 Å². The van der Waals surface area contributed by atoms with Crippen LogP contribution in [-0.2, 0) is 4.79 Å². The molecule has 3 aromatic carbocycles. The molecule has 0 aliphatic carbocycles. The van der Waals surface area contributed by atoms with Gasteiger partial charge in [0.2, 0.25) is 5.91 Å². The van der Waals surface area contributed by atoms with Gasteiger partial charge in [-0.05, 0) is 43.2 Å². The van der Waals surface area contributed by atoms with E-state index in [1.165, 1.54) is 5.56 Å². The number of carbonyl (C=O) groups is 1. The number of anilines is 2. The number of hydrogen-bond acceptors (Lipinski definition) is 4. The number of hydrogen-bond donors (Lipinski definition) is 2. The van der Waals surface area contributed by atoms with Gasteiger partial charge in [0.15, 0.2) is 0 Å². The lowest BCUT2D eigenvalue weighted by atomic mass is 10.1. The quantitative estimate of drug-likeness (QED) is 0.500. The van der Waals surface area contributed by atoms with Crippen molar-refractivity contribution in [1.82, 2.24) is 0 Å². The number of benzene rings is 3. The van der Waals surface area contributed by atoms with E-state index < -0.39 is 0 Å². The highest BCUT2D eigenvalue weighted by Crippen LogP contribution is 2.36. The van der Waals surface area contributed by atoms with Crippen LogP contribution < -0.4 is 15.4 Å². The Morgan fingerprint density at radius 2 is 1.79 bits per heavy atom. The topological polar surface area (TPSA) is 63.5 Å². The van der Waals surface area contributed by atoms with E-state index >= 15 is 0 Å². The molecule has 0 radical (unpaired) electrons. The van der Waals surface area contributed by atoms with Gasteiger partial charge in [-0.3, -0.25) is 4.79 Å². The molecule has 0 saturated heterocycles. The lowest BCUT2D eigenvalue weighted by Crippen LogP contribution is -2.22. The first kappa shape index (κ1) is 17.9. The maximum Gasteiger partial charge on any atom is 0.243 e. The summed E-state index contributed by atoms with van der Waals surface area (Å²) < 4.78 is 11.4. The predicted octanol–water partition coefficient (Wildman–Crippen LogP) is 5.26. The third kappa shape index (κ3) is 3.27. The molecule has 1 aromatic heterocycles. The molecule has 1 amide bonds. The number of methoxy groups -OCH3 is 1. The van der Waals surface area contributed by atoms with Crippen molar-refractivity contribution in [3.05, 3.63) is 65.7 Å². The Hall–Kier alpha value is -3.47. The van der Waals surface area contributed by atoms with Gasteiger partial charge in [-0.15, -0.1) is 0 Å². The molecule has 5 heteroatoms. The van der Waals surface area contributed by atoms with Crippen molar-refractivity contribution in [2.24, 2.45) is 0 Å². The molecule has 0 atom stereocenters. The second kappa shape index (κ2) is 7.27. The lowest BCUT2D eigenvalue weighted by molar-refractivity contribution is -0.114. The van der Waals surface area contributed by atoms with Gasteiger partial charge in [0.25, 0.3) is 0 Å². The van der Waals surface area contributed by atoms with Gasteiger partial charge in [-0.2, -0.15) is 0 Å². The van der Waals surface area contributed by atoms with Gasteiger partial charge in [-0.25, -0.2) is 0 Å². The third-order valence-electron chi connectivity index (χ3n) is 5.02. The van der Waals surface area contributed by atoms with Crippen LogP contribution in [-0.4, -0.2) is 19.6 Å². The standard InChI is InChI=1S/C23H22N2O3/c1-14-7-6-9-18(15(14)2)24-13-23(26)25-19-12-21-17(11-22(19)27-3)16-8-4-5-10-20(16)28-21/h4-12,24H,13H2,1-3H3,(H,25,26). The largest absolute Gasteiger partial charge is 0.495 e. The number of carbonyl (C=O) groups excluding carboxylic acids is 1. The van der Waals surface area contributed by atoms with E-state index in [2.05, 4.69) is 10.6 Å². The van der Waals surface area contributed by atoms with Crippen LogP contribution in [0, 0.1) is 13.8 Å². The highest BCUT2D eigenvalue weighted by atomic mass is 16.5. The molecule has 1 heterocycles. The number of furan rings is 1. The van der Waals surface area contributed by atoms with Gasteiger partial charge in [0, 0.05) is 22.5 Å². The van der Waals surface area contributed by atoms with E-state index in [9.17, 15) is 4.79 Å². The van der Waals surface area contributed by atoms with Crippen molar-refractivity contribution in [2.45, 2.75) is 13.8 Å². The average Bonchev–Trinajstić information content (AvgIpc) is 3.05. The van der Waals surface area contributed by atoms with Crippen LogP contribution >= 0.6 is 0 Å². The van der Waals surface area contributed by atoms with Crippen LogP contribution in [0.25, 0.3) is 21.9 Å². The molecular weight excluding hydrogens is 352 g/mol. The Bertz CT molecular complexity index is 1180. The van der Waals surface area contributed by atoms with Gasteiger partial charge >= 0.3 is 0 Å². The lowest BCUT2D eigenvalue weighted by Gasteiger charge is -2.13. The first-order valence-electron chi connectivity index (χ1n) is 9.16. The third-order valence-corrected chi connectivity index (χ3v) is 5.02. The van der Waals surface area contributed by atoms with Crippen molar-refractivity contribution >= 4 is 39.2 Å². The minimum atomic E-state index is -0.158. The molecular formula is C23H22N2O3. The average molecular weight is 374 g/mol. The van der Waals surface area contributed by atoms with E-state index in [1.807, 2.05) is 68.4 Å². The summed E-state index contributed by atoms with van der Waals surface area (Å²) in [6.45, 7) is 4.24. The minimum Gasteiger partial charge on any atom is -0.495 e. The highest BCUT2D eigenvalue weighted by Gasteiger charge is 2.14. The summed E-state index contributed by atoms with van der Waals surface area (Å²) in [6.07, 6.45) is 0. The van der Waals surface area contributed by atoms with Gasteiger partial charge in [0.1, 0.15) is 16.9 Å². The van der Waals surface area contributed by atoms with E-state index in [4.69, 9.17) is 9.15 Å². The summed E-state index contributed by atoms with van der Waals surface area (Å²) in [5, 5.41) is 8.09. The number of rotatable bonds is 5. The Labute approximate surface area is 163 Å². The molecule has 28 heavy (non-hydrogen) atoms. The molecule has 142 valence electrons. The Kier molecular flexibility index (Phi) is 4.65. The number of amides is 1. The normalized spacial score (nSPS) is 11.0. The molecule has 2 N–H and O–H groups in total. The molecule has 0 spiro atoms. The second-order valence-corrected chi connectivity index (χ2v) is 6.80. The van der Waals surface area contributed by atoms with Crippen LogP contribution in [0.5, 0.6) is 5.75 Å². The van der Waals surface area contributed by atoms with Crippen molar-refractivity contribution in [2.75, 3.05) is 24.3 Å². The summed E-state index contributed by atoms with van der Waals surface area (Å²) >= 11 is 0. The first-order chi connectivity index (χ1) is 13.6. The van der Waals surface area contributed by atoms with Crippen LogP contribution in [0.1, 0.15) is 11.1 Å².